The standard InChI is InChI=1S/C33H29ClN10O3/c1-21(45)41-13-10-27(11-14-41)43-20-30(38-40-43)32(44-19-25(18-37-44)22-2-4-23(5-3-22)33(46)47)29-8-6-24(17-35-29)28-16-26(34)7-9-31(28)42-15-12-36-39-42/h2-9,12,15-20,27,32H,10-11,13-14H2,1H3,(H,46,47). The minimum Gasteiger partial charge on any atom is -0.478 e. The zero-order valence-corrected chi connectivity index (χ0v) is 26.0. The molecule has 1 aliphatic rings. The van der Waals surface area contributed by atoms with Gasteiger partial charge in [0.25, 0.3) is 0 Å². The Morgan fingerprint density at radius 3 is 2.38 bits per heavy atom. The maximum absolute atomic E-state index is 11.8. The molecule has 0 spiro atoms. The van der Waals surface area contributed by atoms with Crippen molar-refractivity contribution in [1.82, 2.24) is 49.7 Å². The number of hydrogen-bond donors (Lipinski definition) is 1. The number of amides is 1. The van der Waals surface area contributed by atoms with Crippen LogP contribution in [0.4, 0.5) is 0 Å². The summed E-state index contributed by atoms with van der Waals surface area (Å²) in [6.07, 6.45) is 12.3. The van der Waals surface area contributed by atoms with E-state index in [0.29, 0.717) is 29.5 Å². The van der Waals surface area contributed by atoms with Crippen molar-refractivity contribution in [2.75, 3.05) is 13.1 Å². The van der Waals surface area contributed by atoms with Crippen molar-refractivity contribution in [3.05, 3.63) is 114 Å². The summed E-state index contributed by atoms with van der Waals surface area (Å²) in [5, 5.41) is 31.8. The highest BCUT2D eigenvalue weighted by Crippen LogP contribution is 2.32. The van der Waals surface area contributed by atoms with Crippen molar-refractivity contribution in [2.24, 2.45) is 0 Å². The van der Waals surface area contributed by atoms with E-state index >= 15 is 0 Å². The number of likely N-dealkylation sites (tertiary alicyclic amines) is 1. The van der Waals surface area contributed by atoms with Gasteiger partial charge in [0, 0.05) is 54.1 Å². The van der Waals surface area contributed by atoms with Crippen LogP contribution in [0.5, 0.6) is 0 Å². The van der Waals surface area contributed by atoms with Crippen molar-refractivity contribution in [3.8, 4) is 27.9 Å². The van der Waals surface area contributed by atoms with E-state index in [9.17, 15) is 14.7 Å². The fourth-order valence-electron chi connectivity index (χ4n) is 5.90. The normalized spacial score (nSPS) is 14.3. The first kappa shape index (κ1) is 30.0. The van der Waals surface area contributed by atoms with E-state index < -0.39 is 12.0 Å². The first-order chi connectivity index (χ1) is 22.8. The monoisotopic (exact) mass is 648 g/mol. The van der Waals surface area contributed by atoms with Crippen LogP contribution in [0.1, 0.15) is 53.6 Å². The van der Waals surface area contributed by atoms with E-state index in [2.05, 4.69) is 20.6 Å². The van der Waals surface area contributed by atoms with Crippen molar-refractivity contribution < 1.29 is 14.7 Å². The molecule has 1 unspecified atom stereocenters. The van der Waals surface area contributed by atoms with Gasteiger partial charge in [0.15, 0.2) is 0 Å². The third kappa shape index (κ3) is 6.12. The number of aromatic carboxylic acids is 1. The van der Waals surface area contributed by atoms with E-state index in [1.807, 2.05) is 46.2 Å². The molecule has 4 aromatic heterocycles. The van der Waals surface area contributed by atoms with Crippen LogP contribution in [0, 0.1) is 0 Å². The van der Waals surface area contributed by atoms with Crippen LogP contribution in [0.3, 0.4) is 0 Å². The van der Waals surface area contributed by atoms with Crippen LogP contribution in [-0.2, 0) is 4.79 Å². The van der Waals surface area contributed by atoms with Gasteiger partial charge in [0.2, 0.25) is 5.91 Å². The highest BCUT2D eigenvalue weighted by atomic mass is 35.5. The van der Waals surface area contributed by atoms with E-state index in [-0.39, 0.29) is 17.5 Å². The molecule has 0 aliphatic carbocycles. The molecule has 0 bridgehead atoms. The van der Waals surface area contributed by atoms with Gasteiger partial charge in [0.05, 0.1) is 47.8 Å². The van der Waals surface area contributed by atoms with Gasteiger partial charge in [-0.05, 0) is 54.8 Å². The Bertz CT molecular complexity index is 2030. The molecule has 0 radical (unpaired) electrons. The zero-order valence-electron chi connectivity index (χ0n) is 25.3. The van der Waals surface area contributed by atoms with Crippen molar-refractivity contribution >= 4 is 23.5 Å². The molecule has 6 aromatic rings. The molecule has 13 nitrogen and oxygen atoms in total. The van der Waals surface area contributed by atoms with Crippen LogP contribution < -0.4 is 0 Å². The number of carbonyl (C=O) groups is 2. The minimum atomic E-state index is -0.983. The lowest BCUT2D eigenvalue weighted by Gasteiger charge is -2.31. The Hall–Kier alpha value is -5.69. The van der Waals surface area contributed by atoms with Gasteiger partial charge in [-0.1, -0.05) is 40.2 Å². The predicted molar refractivity (Wildman–Crippen MR) is 172 cm³/mol. The third-order valence-corrected chi connectivity index (χ3v) is 8.66. The SMILES string of the molecule is CC(=O)N1CCC(n2cc(C(c3ccc(-c4cc(Cl)ccc4-n4ccnn4)cn3)n3cc(-c4ccc(C(=O)O)cc4)cn3)nn2)CC1. The molecule has 1 atom stereocenters. The number of halogens is 1. The van der Waals surface area contributed by atoms with Crippen LogP contribution in [0.25, 0.3) is 27.9 Å². The highest BCUT2D eigenvalue weighted by Gasteiger charge is 2.27. The van der Waals surface area contributed by atoms with Crippen molar-refractivity contribution in [1.29, 1.82) is 0 Å². The number of carboxylic acids is 1. The number of benzene rings is 2. The predicted octanol–water partition coefficient (Wildman–Crippen LogP) is 4.96. The zero-order chi connectivity index (χ0) is 32.5. The van der Waals surface area contributed by atoms with Crippen LogP contribution in [0.2, 0.25) is 5.02 Å². The fraction of sp³-hybridized carbons (Fsp3) is 0.212. The van der Waals surface area contributed by atoms with Gasteiger partial charge in [0.1, 0.15) is 11.7 Å². The Morgan fingerprint density at radius 2 is 1.70 bits per heavy atom. The second kappa shape index (κ2) is 12.6. The Labute approximate surface area is 274 Å². The van der Waals surface area contributed by atoms with Gasteiger partial charge < -0.3 is 10.0 Å². The number of carboxylic acid groups (broad SMARTS) is 1. The first-order valence-electron chi connectivity index (χ1n) is 15.0. The second-order valence-corrected chi connectivity index (χ2v) is 11.8. The fourth-order valence-corrected chi connectivity index (χ4v) is 6.07. The Morgan fingerprint density at radius 1 is 0.915 bits per heavy atom. The quantitative estimate of drug-likeness (QED) is 0.242. The second-order valence-electron chi connectivity index (χ2n) is 11.3. The van der Waals surface area contributed by atoms with E-state index in [1.165, 1.54) is 0 Å². The molecular weight excluding hydrogens is 620 g/mol. The van der Waals surface area contributed by atoms with Crippen LogP contribution >= 0.6 is 11.6 Å². The van der Waals surface area contributed by atoms with Crippen molar-refractivity contribution in [3.63, 3.8) is 0 Å². The molecular formula is C33H29ClN10O3. The summed E-state index contributed by atoms with van der Waals surface area (Å²) in [6, 6.07) is 15.7. The molecule has 47 heavy (non-hydrogen) atoms. The van der Waals surface area contributed by atoms with Crippen molar-refractivity contribution in [2.45, 2.75) is 31.8 Å². The number of rotatable bonds is 8. The van der Waals surface area contributed by atoms with E-state index in [0.717, 1.165) is 40.8 Å². The largest absolute Gasteiger partial charge is 0.478 e. The summed E-state index contributed by atoms with van der Waals surface area (Å²) in [7, 11) is 0. The average Bonchev–Trinajstić information content (AvgIpc) is 3.89. The lowest BCUT2D eigenvalue weighted by molar-refractivity contribution is -0.130. The molecule has 0 saturated carbocycles. The molecule has 14 heteroatoms. The molecule has 1 N–H and O–H groups in total. The molecule has 7 rings (SSSR count). The highest BCUT2D eigenvalue weighted by molar-refractivity contribution is 6.31. The summed E-state index contributed by atoms with van der Waals surface area (Å²) >= 11 is 6.39. The summed E-state index contributed by atoms with van der Waals surface area (Å²) in [6.45, 7) is 2.94. The lowest BCUT2D eigenvalue weighted by atomic mass is 10.0. The van der Waals surface area contributed by atoms with Gasteiger partial charge in [-0.15, -0.1) is 10.2 Å². The van der Waals surface area contributed by atoms with E-state index in [1.54, 1.807) is 71.4 Å². The van der Waals surface area contributed by atoms with E-state index in [4.69, 9.17) is 21.7 Å². The van der Waals surface area contributed by atoms with Gasteiger partial charge in [-0.25, -0.2) is 14.2 Å². The summed E-state index contributed by atoms with van der Waals surface area (Å²) in [5.41, 5.74) is 5.67. The molecule has 5 heterocycles. The van der Waals surface area contributed by atoms with Gasteiger partial charge in [-0.3, -0.25) is 14.5 Å². The molecule has 1 saturated heterocycles. The van der Waals surface area contributed by atoms with Gasteiger partial charge in [-0.2, -0.15) is 5.10 Å². The molecule has 1 amide bonds. The van der Waals surface area contributed by atoms with Gasteiger partial charge >= 0.3 is 5.97 Å². The molecule has 2 aromatic carbocycles. The minimum absolute atomic E-state index is 0.0792. The molecule has 1 aliphatic heterocycles. The average molecular weight is 649 g/mol. The third-order valence-electron chi connectivity index (χ3n) is 8.43. The smallest absolute Gasteiger partial charge is 0.335 e. The van der Waals surface area contributed by atoms with Crippen LogP contribution in [0.15, 0.2) is 91.8 Å². The number of carbonyl (C=O) groups excluding carboxylic acids is 1. The van der Waals surface area contributed by atoms with Crippen LogP contribution in [-0.4, -0.2) is 79.7 Å². The molecule has 1 fully saturated rings. The number of piperidine rings is 1. The molecule has 236 valence electrons. The lowest BCUT2D eigenvalue weighted by Crippen LogP contribution is -2.37. The number of aromatic nitrogens is 9. The topological polar surface area (TPSA) is 150 Å². The maximum Gasteiger partial charge on any atom is 0.335 e. The number of hydrogen-bond acceptors (Lipinski definition) is 8. The maximum atomic E-state index is 11.8. The summed E-state index contributed by atoms with van der Waals surface area (Å²) < 4.78 is 5.34. The Kier molecular flexibility index (Phi) is 8.04. The number of pyridine rings is 1. The summed E-state index contributed by atoms with van der Waals surface area (Å²) in [4.78, 5) is 29.9. The summed E-state index contributed by atoms with van der Waals surface area (Å²) in [5.74, 6) is -0.904. The first-order valence-corrected chi connectivity index (χ1v) is 15.4. The Balaban J connectivity index is 1.24. The number of nitrogens with zero attached hydrogens (tertiary/aromatic N) is 10.